The maximum Gasteiger partial charge on any atom is 0.280 e. The van der Waals surface area contributed by atoms with Crippen LogP contribution in [-0.4, -0.2) is 19.2 Å². The van der Waals surface area contributed by atoms with Gasteiger partial charge in [0.2, 0.25) is 0 Å². The van der Waals surface area contributed by atoms with Crippen LogP contribution in [0.1, 0.15) is 5.56 Å². The molecule has 0 bridgehead atoms. The molecule has 0 aliphatic rings. The molecule has 0 aliphatic heterocycles. The Balaban J connectivity index is 2.31. The molecule has 2 rings (SSSR count). The zero-order valence-corrected chi connectivity index (χ0v) is 9.98. The molecule has 0 N–H and O–H groups in total. The lowest BCUT2D eigenvalue weighted by molar-refractivity contribution is 0.226. The summed E-state index contributed by atoms with van der Waals surface area (Å²) in [5.41, 5.74) is 2.36. The lowest BCUT2D eigenvalue weighted by Crippen LogP contribution is -2.11. The van der Waals surface area contributed by atoms with Crippen LogP contribution in [0.4, 0.5) is 8.78 Å². The van der Waals surface area contributed by atoms with E-state index in [0.717, 1.165) is 11.1 Å². The summed E-state index contributed by atoms with van der Waals surface area (Å²) in [5, 5.41) is 0. The van der Waals surface area contributed by atoms with Gasteiger partial charge in [0.05, 0.1) is 0 Å². The molecule has 0 saturated carbocycles. The van der Waals surface area contributed by atoms with Crippen LogP contribution in [0.15, 0.2) is 59.6 Å². The van der Waals surface area contributed by atoms with Crippen LogP contribution in [0, 0.1) is 0 Å². The van der Waals surface area contributed by atoms with Crippen molar-refractivity contribution in [3.63, 3.8) is 0 Å². The Bertz CT molecular complexity index is 530. The van der Waals surface area contributed by atoms with E-state index in [4.69, 9.17) is 0 Å². The topological polar surface area (TPSA) is 12.4 Å². The van der Waals surface area contributed by atoms with E-state index in [1.165, 1.54) is 7.05 Å². The van der Waals surface area contributed by atoms with E-state index >= 15 is 0 Å². The van der Waals surface area contributed by atoms with E-state index in [9.17, 15) is 8.78 Å². The summed E-state index contributed by atoms with van der Waals surface area (Å²) in [6, 6.07) is 16.8. The summed E-state index contributed by atoms with van der Waals surface area (Å²) >= 11 is 0. The van der Waals surface area contributed by atoms with Gasteiger partial charge in [0.1, 0.15) is 5.71 Å². The monoisotopic (exact) mass is 245 g/mol. The number of rotatable bonds is 3. The summed E-state index contributed by atoms with van der Waals surface area (Å²) in [7, 11) is 1.38. The Morgan fingerprint density at radius 1 is 0.889 bits per heavy atom. The van der Waals surface area contributed by atoms with Crippen molar-refractivity contribution in [3.8, 4) is 11.1 Å². The predicted molar refractivity (Wildman–Crippen MR) is 70.3 cm³/mol. The fourth-order valence-corrected chi connectivity index (χ4v) is 1.82. The molecule has 18 heavy (non-hydrogen) atoms. The molecule has 0 unspecified atom stereocenters. The van der Waals surface area contributed by atoms with Gasteiger partial charge in [-0.15, -0.1) is 0 Å². The summed E-state index contributed by atoms with van der Waals surface area (Å²) in [4.78, 5) is 3.63. The molecule has 0 spiro atoms. The minimum absolute atomic E-state index is 0.172. The van der Waals surface area contributed by atoms with Crippen molar-refractivity contribution in [1.29, 1.82) is 0 Å². The first-order valence-corrected chi connectivity index (χ1v) is 5.63. The summed E-state index contributed by atoms with van der Waals surface area (Å²) in [6.07, 6.45) is -2.54. The molecule has 3 heteroatoms. The van der Waals surface area contributed by atoms with Crippen LogP contribution in [0.5, 0.6) is 0 Å². The standard InChI is InChI=1S/C15H13F2N/c1-18-14(15(16)17)13-9-7-12(8-10-13)11-5-3-2-4-6-11/h2-10,15H,1H3. The highest BCUT2D eigenvalue weighted by atomic mass is 19.3. The molecule has 2 aromatic carbocycles. The third kappa shape index (κ3) is 2.62. The first-order valence-electron chi connectivity index (χ1n) is 5.63. The first-order chi connectivity index (χ1) is 8.72. The van der Waals surface area contributed by atoms with Gasteiger partial charge in [-0.1, -0.05) is 54.6 Å². The number of hydrogen-bond acceptors (Lipinski definition) is 1. The van der Waals surface area contributed by atoms with Gasteiger partial charge >= 0.3 is 0 Å². The van der Waals surface area contributed by atoms with Gasteiger partial charge < -0.3 is 0 Å². The zero-order chi connectivity index (χ0) is 13.0. The van der Waals surface area contributed by atoms with E-state index in [0.29, 0.717) is 5.56 Å². The van der Waals surface area contributed by atoms with Gasteiger partial charge in [-0.3, -0.25) is 4.99 Å². The lowest BCUT2D eigenvalue weighted by atomic mass is 10.0. The maximum absolute atomic E-state index is 12.7. The largest absolute Gasteiger partial charge is 0.286 e. The van der Waals surface area contributed by atoms with E-state index in [-0.39, 0.29) is 5.71 Å². The smallest absolute Gasteiger partial charge is 0.280 e. The molecule has 0 atom stereocenters. The third-order valence-corrected chi connectivity index (χ3v) is 2.74. The molecule has 92 valence electrons. The Kier molecular flexibility index (Phi) is 3.82. The summed E-state index contributed by atoms with van der Waals surface area (Å²) in [5.74, 6) is 0. The van der Waals surface area contributed by atoms with Crippen molar-refractivity contribution >= 4 is 5.71 Å². The van der Waals surface area contributed by atoms with Gasteiger partial charge in [0, 0.05) is 12.6 Å². The van der Waals surface area contributed by atoms with Crippen molar-refractivity contribution in [2.45, 2.75) is 6.43 Å². The second kappa shape index (κ2) is 5.54. The first kappa shape index (κ1) is 12.4. The predicted octanol–water partition coefficient (Wildman–Crippen LogP) is 4.04. The molecule has 0 radical (unpaired) electrons. The SMILES string of the molecule is CN=C(c1ccc(-c2ccccc2)cc1)C(F)F. The Morgan fingerprint density at radius 2 is 1.44 bits per heavy atom. The van der Waals surface area contributed by atoms with Crippen LogP contribution in [0.3, 0.4) is 0 Å². The molecule has 2 aromatic rings. The molecule has 0 heterocycles. The number of benzene rings is 2. The van der Waals surface area contributed by atoms with Gasteiger partial charge in [-0.2, -0.15) is 0 Å². The number of halogens is 2. The molecule has 0 amide bonds. The van der Waals surface area contributed by atoms with Crippen LogP contribution in [-0.2, 0) is 0 Å². The van der Waals surface area contributed by atoms with E-state index in [1.54, 1.807) is 12.1 Å². The number of nitrogens with zero attached hydrogens (tertiary/aromatic N) is 1. The van der Waals surface area contributed by atoms with Crippen molar-refractivity contribution < 1.29 is 8.78 Å². The normalized spacial score (nSPS) is 11.9. The third-order valence-electron chi connectivity index (χ3n) is 2.74. The van der Waals surface area contributed by atoms with E-state index in [1.807, 2.05) is 42.5 Å². The fraction of sp³-hybridized carbons (Fsp3) is 0.133. The maximum atomic E-state index is 12.7. The Labute approximate surface area is 105 Å². The molecule has 0 aliphatic carbocycles. The fourth-order valence-electron chi connectivity index (χ4n) is 1.82. The highest BCUT2D eigenvalue weighted by Crippen LogP contribution is 2.20. The molecular formula is C15H13F2N. The minimum atomic E-state index is -2.54. The van der Waals surface area contributed by atoms with Crippen molar-refractivity contribution in [2.75, 3.05) is 7.05 Å². The summed E-state index contributed by atoms with van der Waals surface area (Å²) < 4.78 is 25.4. The molecular weight excluding hydrogens is 232 g/mol. The lowest BCUT2D eigenvalue weighted by Gasteiger charge is -2.06. The van der Waals surface area contributed by atoms with Crippen molar-refractivity contribution in [3.05, 3.63) is 60.2 Å². The van der Waals surface area contributed by atoms with Crippen LogP contribution < -0.4 is 0 Å². The number of aliphatic imine (C=N–C) groups is 1. The van der Waals surface area contributed by atoms with Gasteiger partial charge in [-0.05, 0) is 11.1 Å². The Hall–Kier alpha value is -2.03. The van der Waals surface area contributed by atoms with Gasteiger partial charge in [0.25, 0.3) is 6.43 Å². The van der Waals surface area contributed by atoms with Crippen LogP contribution in [0.25, 0.3) is 11.1 Å². The molecule has 1 nitrogen and oxygen atoms in total. The van der Waals surface area contributed by atoms with E-state index < -0.39 is 6.43 Å². The quantitative estimate of drug-likeness (QED) is 0.724. The molecule has 0 aromatic heterocycles. The van der Waals surface area contributed by atoms with Crippen LogP contribution in [0.2, 0.25) is 0 Å². The highest BCUT2D eigenvalue weighted by molar-refractivity contribution is 6.03. The second-order valence-corrected chi connectivity index (χ2v) is 3.85. The average molecular weight is 245 g/mol. The second-order valence-electron chi connectivity index (χ2n) is 3.85. The molecule has 0 fully saturated rings. The van der Waals surface area contributed by atoms with Crippen molar-refractivity contribution in [2.24, 2.45) is 4.99 Å². The zero-order valence-electron chi connectivity index (χ0n) is 9.98. The van der Waals surface area contributed by atoms with E-state index in [2.05, 4.69) is 4.99 Å². The average Bonchev–Trinajstić information content (AvgIpc) is 2.41. The highest BCUT2D eigenvalue weighted by Gasteiger charge is 2.14. The number of alkyl halides is 2. The summed E-state index contributed by atoms with van der Waals surface area (Å²) in [6.45, 7) is 0. The molecule has 0 saturated heterocycles. The van der Waals surface area contributed by atoms with Gasteiger partial charge in [0.15, 0.2) is 0 Å². The minimum Gasteiger partial charge on any atom is -0.286 e. The van der Waals surface area contributed by atoms with Crippen LogP contribution >= 0.6 is 0 Å². The van der Waals surface area contributed by atoms with Gasteiger partial charge in [-0.25, -0.2) is 8.78 Å². The number of hydrogen-bond donors (Lipinski definition) is 0. The van der Waals surface area contributed by atoms with Crippen molar-refractivity contribution in [1.82, 2.24) is 0 Å². The Morgan fingerprint density at radius 3 is 1.94 bits per heavy atom.